The van der Waals surface area contributed by atoms with Gasteiger partial charge in [0.05, 0.1) is 0 Å². The molecule has 0 N–H and O–H groups in total. The molecule has 0 aliphatic carbocycles. The molecule has 2 heterocycles. The van der Waals surface area contributed by atoms with E-state index in [0.717, 1.165) is 32.4 Å². The molecule has 1 unspecified atom stereocenters. The molecule has 2 aromatic rings. The molecule has 1 aliphatic heterocycles. The summed E-state index contributed by atoms with van der Waals surface area (Å²) < 4.78 is 2.25. The van der Waals surface area contributed by atoms with Gasteiger partial charge in [-0.05, 0) is 61.1 Å². The Balaban J connectivity index is 1.62. The molecule has 148 valence electrons. The van der Waals surface area contributed by atoms with Gasteiger partial charge in [0.1, 0.15) is 0 Å². The van der Waals surface area contributed by atoms with Gasteiger partial charge in [-0.25, -0.2) is 0 Å². The second-order valence-electron chi connectivity index (χ2n) is 9.95. The van der Waals surface area contributed by atoms with Crippen molar-refractivity contribution < 1.29 is 4.79 Å². The third-order valence-electron chi connectivity index (χ3n) is 5.95. The first-order valence-electron chi connectivity index (χ1n) is 10.5. The van der Waals surface area contributed by atoms with E-state index in [1.807, 2.05) is 0 Å². The average Bonchev–Trinajstić information content (AvgIpc) is 2.89. The number of aryl methyl sites for hydroxylation is 2. The van der Waals surface area contributed by atoms with Gasteiger partial charge in [-0.1, -0.05) is 39.3 Å². The van der Waals surface area contributed by atoms with Gasteiger partial charge in [0.15, 0.2) is 0 Å². The van der Waals surface area contributed by atoms with Gasteiger partial charge in [-0.2, -0.15) is 0 Å². The van der Waals surface area contributed by atoms with Gasteiger partial charge >= 0.3 is 0 Å². The lowest BCUT2D eigenvalue weighted by Crippen LogP contribution is -2.38. The van der Waals surface area contributed by atoms with Gasteiger partial charge in [-0.3, -0.25) is 4.79 Å². The van der Waals surface area contributed by atoms with Crippen molar-refractivity contribution in [2.24, 2.45) is 18.4 Å². The van der Waals surface area contributed by atoms with Crippen molar-refractivity contribution in [1.29, 1.82) is 0 Å². The number of benzene rings is 1. The van der Waals surface area contributed by atoms with Crippen molar-refractivity contribution in [3.8, 4) is 0 Å². The fraction of sp³-hybridized carbons (Fsp3) is 0.625. The molecule has 27 heavy (non-hydrogen) atoms. The number of carbonyl (C=O) groups is 1. The van der Waals surface area contributed by atoms with E-state index >= 15 is 0 Å². The zero-order valence-corrected chi connectivity index (χ0v) is 18.0. The first-order valence-corrected chi connectivity index (χ1v) is 10.5. The van der Waals surface area contributed by atoms with Crippen molar-refractivity contribution in [3.05, 3.63) is 35.5 Å². The highest BCUT2D eigenvalue weighted by atomic mass is 16.2. The Bertz CT molecular complexity index is 804. The minimum atomic E-state index is 0.291. The lowest BCUT2D eigenvalue weighted by Gasteiger charge is -2.33. The molecule has 1 aromatic heterocycles. The number of likely N-dealkylation sites (tertiary alicyclic amines) is 1. The molecule has 3 nitrogen and oxygen atoms in total. The van der Waals surface area contributed by atoms with Crippen LogP contribution in [0.4, 0.5) is 0 Å². The highest BCUT2D eigenvalue weighted by Crippen LogP contribution is 2.35. The molecule has 0 radical (unpaired) electrons. The van der Waals surface area contributed by atoms with Crippen LogP contribution in [0, 0.1) is 18.3 Å². The monoisotopic (exact) mass is 368 g/mol. The SMILES string of the molecule is Cc1ccc2c(c1)c(C1CCN(C(=O)CC(C)CC(C)(C)C)CC1)cn2C. The normalized spacial score (nSPS) is 17.5. The first-order chi connectivity index (χ1) is 12.6. The number of nitrogens with zero attached hydrogens (tertiary/aromatic N) is 2. The van der Waals surface area contributed by atoms with Crippen LogP contribution in [0.5, 0.6) is 0 Å². The molecule has 0 bridgehead atoms. The zero-order chi connectivity index (χ0) is 19.8. The quantitative estimate of drug-likeness (QED) is 0.684. The van der Waals surface area contributed by atoms with Crippen LogP contribution in [0.1, 0.15) is 70.4 Å². The second-order valence-corrected chi connectivity index (χ2v) is 9.95. The minimum Gasteiger partial charge on any atom is -0.350 e. The largest absolute Gasteiger partial charge is 0.350 e. The maximum Gasteiger partial charge on any atom is 0.222 e. The maximum absolute atomic E-state index is 12.7. The maximum atomic E-state index is 12.7. The Kier molecular flexibility index (Phi) is 5.69. The number of carbonyl (C=O) groups excluding carboxylic acids is 1. The van der Waals surface area contributed by atoms with Gasteiger partial charge < -0.3 is 9.47 Å². The van der Waals surface area contributed by atoms with E-state index in [2.05, 4.69) is 75.5 Å². The topological polar surface area (TPSA) is 25.2 Å². The summed E-state index contributed by atoms with van der Waals surface area (Å²) >= 11 is 0. The van der Waals surface area contributed by atoms with Gasteiger partial charge in [0.2, 0.25) is 5.91 Å². The van der Waals surface area contributed by atoms with Crippen molar-refractivity contribution >= 4 is 16.8 Å². The van der Waals surface area contributed by atoms with E-state index in [4.69, 9.17) is 0 Å². The summed E-state index contributed by atoms with van der Waals surface area (Å²) in [5.41, 5.74) is 4.38. The number of hydrogen-bond acceptors (Lipinski definition) is 1. The van der Waals surface area contributed by atoms with Crippen LogP contribution >= 0.6 is 0 Å². The van der Waals surface area contributed by atoms with E-state index in [1.165, 1.54) is 22.0 Å². The highest BCUT2D eigenvalue weighted by molar-refractivity contribution is 5.85. The number of fused-ring (bicyclic) bond motifs is 1. The third-order valence-corrected chi connectivity index (χ3v) is 5.95. The molecule has 0 saturated carbocycles. The lowest BCUT2D eigenvalue weighted by molar-refractivity contribution is -0.133. The van der Waals surface area contributed by atoms with Crippen molar-refractivity contribution in [2.45, 2.75) is 66.2 Å². The fourth-order valence-electron chi connectivity index (χ4n) is 4.85. The molecular weight excluding hydrogens is 332 g/mol. The summed E-state index contributed by atoms with van der Waals surface area (Å²) in [5.74, 6) is 1.36. The highest BCUT2D eigenvalue weighted by Gasteiger charge is 2.27. The summed E-state index contributed by atoms with van der Waals surface area (Å²) in [6, 6.07) is 6.73. The van der Waals surface area contributed by atoms with Crippen LogP contribution in [0.25, 0.3) is 10.9 Å². The Morgan fingerprint density at radius 1 is 1.22 bits per heavy atom. The summed E-state index contributed by atoms with van der Waals surface area (Å²) in [7, 11) is 2.14. The number of hydrogen-bond donors (Lipinski definition) is 0. The summed E-state index contributed by atoms with van der Waals surface area (Å²) in [4.78, 5) is 14.8. The smallest absolute Gasteiger partial charge is 0.222 e. The fourth-order valence-corrected chi connectivity index (χ4v) is 4.85. The van der Waals surface area contributed by atoms with Crippen molar-refractivity contribution in [2.75, 3.05) is 13.1 Å². The van der Waals surface area contributed by atoms with Crippen LogP contribution in [0.3, 0.4) is 0 Å². The minimum absolute atomic E-state index is 0.291. The summed E-state index contributed by atoms with van der Waals surface area (Å²) in [6.45, 7) is 12.9. The Morgan fingerprint density at radius 3 is 2.52 bits per heavy atom. The molecule has 1 saturated heterocycles. The van der Waals surface area contributed by atoms with Crippen LogP contribution in [0.15, 0.2) is 24.4 Å². The van der Waals surface area contributed by atoms with Gasteiger partial charge in [0.25, 0.3) is 0 Å². The van der Waals surface area contributed by atoms with E-state index in [-0.39, 0.29) is 0 Å². The molecule has 1 fully saturated rings. The summed E-state index contributed by atoms with van der Waals surface area (Å²) in [6.07, 6.45) is 6.25. The molecule has 3 rings (SSSR count). The van der Waals surface area contributed by atoms with Gasteiger partial charge in [-0.15, -0.1) is 0 Å². The second kappa shape index (κ2) is 7.69. The average molecular weight is 369 g/mol. The van der Waals surface area contributed by atoms with E-state index < -0.39 is 0 Å². The molecule has 1 aromatic carbocycles. The van der Waals surface area contributed by atoms with Gasteiger partial charge in [0, 0.05) is 43.7 Å². The van der Waals surface area contributed by atoms with E-state index in [9.17, 15) is 4.79 Å². The molecular formula is C24H36N2O. The zero-order valence-electron chi connectivity index (χ0n) is 18.0. The summed E-state index contributed by atoms with van der Waals surface area (Å²) in [5, 5.41) is 1.39. The molecule has 1 amide bonds. The lowest BCUT2D eigenvalue weighted by atomic mass is 9.83. The predicted octanol–water partition coefficient (Wildman–Crippen LogP) is 5.66. The van der Waals surface area contributed by atoms with E-state index in [0.29, 0.717) is 29.6 Å². The number of amides is 1. The molecule has 0 spiro atoms. The third kappa shape index (κ3) is 4.75. The van der Waals surface area contributed by atoms with Crippen LogP contribution in [-0.4, -0.2) is 28.5 Å². The van der Waals surface area contributed by atoms with E-state index in [1.54, 1.807) is 0 Å². The Hall–Kier alpha value is -1.77. The first kappa shape index (κ1) is 20.0. The number of aromatic nitrogens is 1. The standard InChI is InChI=1S/C24H36N2O/c1-17-7-8-22-20(13-17)21(16-25(22)6)19-9-11-26(12-10-19)23(27)14-18(2)15-24(3,4)5/h7-8,13,16,18-19H,9-12,14-15H2,1-6H3. The molecule has 1 atom stereocenters. The van der Waals surface area contributed by atoms with Crippen LogP contribution in [-0.2, 0) is 11.8 Å². The number of piperidine rings is 1. The van der Waals surface area contributed by atoms with Crippen molar-refractivity contribution in [1.82, 2.24) is 9.47 Å². The predicted molar refractivity (Wildman–Crippen MR) is 114 cm³/mol. The molecule has 3 heteroatoms. The Morgan fingerprint density at radius 2 is 1.89 bits per heavy atom. The van der Waals surface area contributed by atoms with Crippen LogP contribution < -0.4 is 0 Å². The Labute approximate surface area is 164 Å². The molecule has 1 aliphatic rings. The number of rotatable bonds is 4. The van der Waals surface area contributed by atoms with Crippen LogP contribution in [0.2, 0.25) is 0 Å². The van der Waals surface area contributed by atoms with Crippen molar-refractivity contribution in [3.63, 3.8) is 0 Å².